The van der Waals surface area contributed by atoms with Gasteiger partial charge in [-0.1, -0.05) is 23.7 Å². The Bertz CT molecular complexity index is 1370. The zero-order valence-electron chi connectivity index (χ0n) is 20.3. The number of hydrogen-bond acceptors (Lipinski definition) is 5. The van der Waals surface area contributed by atoms with Crippen LogP contribution in [0.3, 0.4) is 0 Å². The third-order valence-electron chi connectivity index (χ3n) is 6.73. The van der Waals surface area contributed by atoms with Crippen LogP contribution in [0, 0.1) is 5.82 Å². The number of benzene rings is 3. The minimum Gasteiger partial charge on any atom is -0.507 e. The lowest BCUT2D eigenvalue weighted by atomic mass is 9.95. The van der Waals surface area contributed by atoms with Gasteiger partial charge in [-0.15, -0.1) is 0 Å². The first-order valence-corrected chi connectivity index (χ1v) is 12.6. The molecule has 0 bridgehead atoms. The molecule has 0 aromatic heterocycles. The summed E-state index contributed by atoms with van der Waals surface area (Å²) in [5.74, 6) is -2.07. The maximum absolute atomic E-state index is 13.8. The third-order valence-corrected chi connectivity index (χ3v) is 7.05. The second kappa shape index (κ2) is 10.3. The van der Waals surface area contributed by atoms with E-state index in [0.717, 1.165) is 31.6 Å². The van der Waals surface area contributed by atoms with Gasteiger partial charge >= 0.3 is 0 Å². The molecule has 190 valence electrons. The van der Waals surface area contributed by atoms with Gasteiger partial charge in [-0.2, -0.15) is 0 Å². The number of Topliss-reactive ketones (excluding diaryl/α,β-unsaturated/α-hetero) is 1. The van der Waals surface area contributed by atoms with Crippen molar-refractivity contribution in [2.75, 3.05) is 29.5 Å². The van der Waals surface area contributed by atoms with Crippen molar-refractivity contribution in [1.82, 2.24) is 0 Å². The van der Waals surface area contributed by atoms with Gasteiger partial charge in [0.2, 0.25) is 0 Å². The summed E-state index contributed by atoms with van der Waals surface area (Å²) < 4.78 is 19.3. The van der Waals surface area contributed by atoms with E-state index in [1.54, 1.807) is 31.2 Å². The Kier molecular flexibility index (Phi) is 6.89. The average Bonchev–Trinajstić information content (AvgIpc) is 3.53. The van der Waals surface area contributed by atoms with Crippen LogP contribution in [0.2, 0.25) is 5.02 Å². The molecule has 2 aliphatic heterocycles. The van der Waals surface area contributed by atoms with E-state index >= 15 is 0 Å². The van der Waals surface area contributed by atoms with Gasteiger partial charge in [0.25, 0.3) is 11.7 Å². The van der Waals surface area contributed by atoms with Crippen LogP contribution in [-0.2, 0) is 9.59 Å². The highest BCUT2D eigenvalue weighted by Crippen LogP contribution is 2.43. The first-order valence-electron chi connectivity index (χ1n) is 12.2. The van der Waals surface area contributed by atoms with Crippen molar-refractivity contribution in [3.8, 4) is 5.75 Å². The lowest BCUT2D eigenvalue weighted by molar-refractivity contribution is -0.132. The molecule has 1 atom stereocenters. The average molecular weight is 521 g/mol. The molecule has 1 N–H and O–H groups in total. The van der Waals surface area contributed by atoms with Crippen molar-refractivity contribution in [3.05, 3.63) is 94.3 Å². The molecule has 1 amide bonds. The topological polar surface area (TPSA) is 70.1 Å². The molecule has 0 spiro atoms. The number of ketones is 1. The number of carbonyl (C=O) groups excluding carboxylic acids is 2. The number of aliphatic hydroxyl groups excluding tert-OH is 1. The van der Waals surface area contributed by atoms with Crippen molar-refractivity contribution in [2.45, 2.75) is 25.8 Å². The SMILES string of the molecule is CCOc1cc(/C(O)=C2/C(=O)C(=O)N(c3ccc(N4CCCC4)cc3)C2c2ccc(F)cc2)ccc1Cl. The number of hydrogen-bond donors (Lipinski definition) is 1. The van der Waals surface area contributed by atoms with E-state index in [2.05, 4.69) is 4.90 Å². The fourth-order valence-electron chi connectivity index (χ4n) is 4.93. The van der Waals surface area contributed by atoms with E-state index in [9.17, 15) is 19.1 Å². The second-order valence-corrected chi connectivity index (χ2v) is 9.42. The molecule has 1 unspecified atom stereocenters. The maximum atomic E-state index is 13.8. The van der Waals surface area contributed by atoms with Gasteiger partial charge in [0.05, 0.1) is 23.2 Å². The van der Waals surface area contributed by atoms with Crippen molar-refractivity contribution >= 4 is 40.4 Å². The van der Waals surface area contributed by atoms with E-state index in [-0.39, 0.29) is 16.9 Å². The molecular weight excluding hydrogens is 495 g/mol. The van der Waals surface area contributed by atoms with E-state index < -0.39 is 23.5 Å². The Balaban J connectivity index is 1.62. The zero-order valence-corrected chi connectivity index (χ0v) is 21.0. The normalized spacial score (nSPS) is 19.1. The van der Waals surface area contributed by atoms with E-state index in [0.29, 0.717) is 28.6 Å². The van der Waals surface area contributed by atoms with Crippen LogP contribution in [-0.4, -0.2) is 36.5 Å². The highest BCUT2D eigenvalue weighted by Gasteiger charge is 2.47. The van der Waals surface area contributed by atoms with Crippen molar-refractivity contribution in [3.63, 3.8) is 0 Å². The molecule has 3 aromatic carbocycles. The maximum Gasteiger partial charge on any atom is 0.300 e. The van der Waals surface area contributed by atoms with Gasteiger partial charge in [0.1, 0.15) is 17.3 Å². The third kappa shape index (κ3) is 4.67. The Morgan fingerprint density at radius 2 is 1.65 bits per heavy atom. The number of aliphatic hydroxyl groups is 1. The molecule has 0 radical (unpaired) electrons. The van der Waals surface area contributed by atoms with Gasteiger partial charge < -0.3 is 14.7 Å². The highest BCUT2D eigenvalue weighted by atomic mass is 35.5. The van der Waals surface area contributed by atoms with Crippen LogP contribution >= 0.6 is 11.6 Å². The highest BCUT2D eigenvalue weighted by molar-refractivity contribution is 6.51. The summed E-state index contributed by atoms with van der Waals surface area (Å²) in [6.07, 6.45) is 2.27. The first kappa shape index (κ1) is 24.8. The molecule has 2 fully saturated rings. The summed E-state index contributed by atoms with van der Waals surface area (Å²) in [6, 6.07) is 16.7. The van der Waals surface area contributed by atoms with E-state index in [1.165, 1.54) is 35.2 Å². The summed E-state index contributed by atoms with van der Waals surface area (Å²) in [4.78, 5) is 30.4. The van der Waals surface area contributed by atoms with Crippen molar-refractivity contribution in [2.24, 2.45) is 0 Å². The lowest BCUT2D eigenvalue weighted by Gasteiger charge is -2.26. The standard InChI is InChI=1S/C29H26ClFN2O4/c1-2-37-24-17-19(7-14-23(24)30)27(34)25-26(18-5-8-20(31)9-6-18)33(29(36)28(25)35)22-12-10-21(11-13-22)32-15-3-4-16-32/h5-14,17,26,34H,2-4,15-16H2,1H3/b27-25-. The molecule has 8 heteroatoms. The van der Waals surface area contributed by atoms with Crippen LogP contribution in [0.15, 0.2) is 72.3 Å². The summed E-state index contributed by atoms with van der Waals surface area (Å²) >= 11 is 6.20. The summed E-state index contributed by atoms with van der Waals surface area (Å²) in [7, 11) is 0. The molecule has 3 aromatic rings. The molecule has 37 heavy (non-hydrogen) atoms. The first-order chi connectivity index (χ1) is 17.9. The molecule has 6 nitrogen and oxygen atoms in total. The van der Waals surface area contributed by atoms with Gasteiger partial charge in [-0.25, -0.2) is 4.39 Å². The summed E-state index contributed by atoms with van der Waals surface area (Å²) in [5.41, 5.74) is 2.22. The summed E-state index contributed by atoms with van der Waals surface area (Å²) in [5, 5.41) is 11.7. The molecule has 2 heterocycles. The van der Waals surface area contributed by atoms with Crippen LogP contribution in [0.25, 0.3) is 5.76 Å². The van der Waals surface area contributed by atoms with Crippen molar-refractivity contribution < 1.29 is 23.8 Å². The number of amides is 1. The fourth-order valence-corrected chi connectivity index (χ4v) is 5.10. The Morgan fingerprint density at radius 3 is 2.30 bits per heavy atom. The number of rotatable bonds is 6. The minimum atomic E-state index is -0.954. The minimum absolute atomic E-state index is 0.0926. The van der Waals surface area contributed by atoms with Crippen LogP contribution in [0.5, 0.6) is 5.75 Å². The number of halogens is 2. The van der Waals surface area contributed by atoms with Crippen LogP contribution < -0.4 is 14.5 Å². The van der Waals surface area contributed by atoms with Gasteiger partial charge in [-0.05, 0) is 79.9 Å². The second-order valence-electron chi connectivity index (χ2n) is 9.01. The monoisotopic (exact) mass is 520 g/mol. The van der Waals surface area contributed by atoms with Gasteiger partial charge in [0, 0.05) is 30.0 Å². The van der Waals surface area contributed by atoms with E-state index in [4.69, 9.17) is 16.3 Å². The van der Waals surface area contributed by atoms with Crippen LogP contribution in [0.1, 0.15) is 36.9 Å². The Hall–Kier alpha value is -3.84. The lowest BCUT2D eigenvalue weighted by Crippen LogP contribution is -2.29. The van der Waals surface area contributed by atoms with E-state index in [1.807, 2.05) is 12.1 Å². The van der Waals surface area contributed by atoms with Gasteiger partial charge in [0.15, 0.2) is 0 Å². The zero-order chi connectivity index (χ0) is 26.1. The molecule has 0 saturated carbocycles. The number of ether oxygens (including phenoxy) is 1. The number of nitrogens with zero attached hydrogens (tertiary/aromatic N) is 2. The molecule has 0 aliphatic carbocycles. The number of carbonyl (C=O) groups is 2. The Labute approximate surface area is 219 Å². The van der Waals surface area contributed by atoms with Gasteiger partial charge in [-0.3, -0.25) is 14.5 Å². The molecule has 2 aliphatic rings. The van der Waals surface area contributed by atoms with Crippen molar-refractivity contribution in [1.29, 1.82) is 0 Å². The smallest absolute Gasteiger partial charge is 0.300 e. The summed E-state index contributed by atoms with van der Waals surface area (Å²) in [6.45, 7) is 4.11. The molecule has 5 rings (SSSR count). The Morgan fingerprint density at radius 1 is 1.00 bits per heavy atom. The molecular formula is C29H26ClFN2O4. The quantitative estimate of drug-likeness (QED) is 0.241. The van der Waals surface area contributed by atoms with Crippen LogP contribution in [0.4, 0.5) is 15.8 Å². The number of anilines is 2. The molecule has 2 saturated heterocycles. The predicted octanol–water partition coefficient (Wildman–Crippen LogP) is 6.10. The predicted molar refractivity (Wildman–Crippen MR) is 142 cm³/mol. The fraction of sp³-hybridized carbons (Fsp3) is 0.241. The largest absolute Gasteiger partial charge is 0.507 e.